The van der Waals surface area contributed by atoms with E-state index in [-0.39, 0.29) is 30.1 Å². The molecular weight excluding hydrogens is 373 g/mol. The molecule has 0 aliphatic heterocycles. The number of sulfonamides is 1. The second-order valence-electron chi connectivity index (χ2n) is 6.38. The van der Waals surface area contributed by atoms with E-state index < -0.39 is 21.8 Å². The number of hydrogen-bond donors (Lipinski definition) is 2. The molecule has 2 aromatic rings. The highest BCUT2D eigenvalue weighted by Crippen LogP contribution is 2.27. The predicted molar refractivity (Wildman–Crippen MR) is 98.0 cm³/mol. The SMILES string of the molecule is O=C(O)CCCOc1ccc(S(=O)(=O)Nc2ccc3c(c2)CCC3)cc1F. The molecule has 2 aromatic carbocycles. The molecule has 27 heavy (non-hydrogen) atoms. The van der Waals surface area contributed by atoms with Crippen molar-refractivity contribution in [3.8, 4) is 5.75 Å². The average Bonchev–Trinajstić information content (AvgIpc) is 3.07. The minimum Gasteiger partial charge on any atom is -0.491 e. The van der Waals surface area contributed by atoms with E-state index in [0.717, 1.165) is 30.9 Å². The van der Waals surface area contributed by atoms with Gasteiger partial charge in [0.25, 0.3) is 10.0 Å². The highest BCUT2D eigenvalue weighted by molar-refractivity contribution is 7.92. The third-order valence-corrected chi connectivity index (χ3v) is 5.74. The zero-order valence-electron chi connectivity index (χ0n) is 14.6. The van der Waals surface area contributed by atoms with Crippen LogP contribution >= 0.6 is 0 Å². The Labute approximate surface area is 157 Å². The summed E-state index contributed by atoms with van der Waals surface area (Å²) in [5.74, 6) is -1.89. The van der Waals surface area contributed by atoms with Gasteiger partial charge in [-0.2, -0.15) is 0 Å². The molecule has 3 rings (SSSR count). The Kier molecular flexibility index (Phi) is 5.65. The van der Waals surface area contributed by atoms with E-state index in [9.17, 15) is 17.6 Å². The standard InChI is InChI=1S/C19H20FNO5S/c20-17-12-16(8-9-18(17)26-10-2-5-19(22)23)27(24,25)21-15-7-6-13-3-1-4-14(13)11-15/h6-9,11-12,21H,1-5,10H2,(H,22,23). The highest BCUT2D eigenvalue weighted by Gasteiger charge is 2.18. The zero-order valence-corrected chi connectivity index (χ0v) is 15.4. The molecular formula is C19H20FNO5S. The third-order valence-electron chi connectivity index (χ3n) is 4.36. The van der Waals surface area contributed by atoms with E-state index in [1.165, 1.54) is 17.7 Å². The zero-order chi connectivity index (χ0) is 19.4. The summed E-state index contributed by atoms with van der Waals surface area (Å²) >= 11 is 0. The maximum absolute atomic E-state index is 14.2. The summed E-state index contributed by atoms with van der Waals surface area (Å²) in [4.78, 5) is 10.2. The van der Waals surface area contributed by atoms with Gasteiger partial charge in [-0.1, -0.05) is 6.07 Å². The Morgan fingerprint density at radius 2 is 1.93 bits per heavy atom. The van der Waals surface area contributed by atoms with Crippen LogP contribution in [0, 0.1) is 5.82 Å². The summed E-state index contributed by atoms with van der Waals surface area (Å²) in [6, 6.07) is 8.81. The van der Waals surface area contributed by atoms with Gasteiger partial charge in [0.15, 0.2) is 11.6 Å². The van der Waals surface area contributed by atoms with Crippen molar-refractivity contribution < 1.29 is 27.4 Å². The molecule has 0 atom stereocenters. The van der Waals surface area contributed by atoms with Crippen molar-refractivity contribution in [2.75, 3.05) is 11.3 Å². The molecule has 0 unspecified atom stereocenters. The number of fused-ring (bicyclic) bond motifs is 1. The number of carboxylic acids is 1. The molecule has 0 aromatic heterocycles. The fourth-order valence-electron chi connectivity index (χ4n) is 3.02. The Bertz CT molecular complexity index is 959. The van der Waals surface area contributed by atoms with Gasteiger partial charge < -0.3 is 9.84 Å². The first-order chi connectivity index (χ1) is 12.8. The number of aryl methyl sites for hydroxylation is 2. The number of anilines is 1. The van der Waals surface area contributed by atoms with Crippen molar-refractivity contribution >= 4 is 21.7 Å². The molecule has 1 aliphatic carbocycles. The molecule has 0 radical (unpaired) electrons. The normalized spacial score (nSPS) is 13.2. The Hall–Kier alpha value is -2.61. The Morgan fingerprint density at radius 3 is 2.67 bits per heavy atom. The van der Waals surface area contributed by atoms with Crippen molar-refractivity contribution in [1.82, 2.24) is 0 Å². The van der Waals surface area contributed by atoms with Gasteiger partial charge in [0.1, 0.15) is 0 Å². The lowest BCUT2D eigenvalue weighted by Gasteiger charge is -2.11. The number of ether oxygens (including phenoxy) is 1. The van der Waals surface area contributed by atoms with Crippen LogP contribution in [0.3, 0.4) is 0 Å². The molecule has 144 valence electrons. The van der Waals surface area contributed by atoms with Gasteiger partial charge in [0.05, 0.1) is 11.5 Å². The second-order valence-corrected chi connectivity index (χ2v) is 8.06. The Morgan fingerprint density at radius 1 is 1.15 bits per heavy atom. The van der Waals surface area contributed by atoms with Gasteiger partial charge in [-0.15, -0.1) is 0 Å². The van der Waals surface area contributed by atoms with Gasteiger partial charge in [-0.25, -0.2) is 12.8 Å². The van der Waals surface area contributed by atoms with Crippen LogP contribution in [0.15, 0.2) is 41.3 Å². The summed E-state index contributed by atoms with van der Waals surface area (Å²) in [5.41, 5.74) is 2.81. The van der Waals surface area contributed by atoms with Crippen LogP contribution in [0.1, 0.15) is 30.4 Å². The molecule has 2 N–H and O–H groups in total. The van der Waals surface area contributed by atoms with Crippen molar-refractivity contribution in [3.05, 3.63) is 53.3 Å². The molecule has 0 heterocycles. The quantitative estimate of drug-likeness (QED) is 0.671. The van der Waals surface area contributed by atoms with Crippen LogP contribution in [-0.2, 0) is 27.7 Å². The molecule has 1 aliphatic rings. The van der Waals surface area contributed by atoms with Crippen molar-refractivity contribution in [1.29, 1.82) is 0 Å². The lowest BCUT2D eigenvalue weighted by atomic mass is 10.1. The Balaban J connectivity index is 1.69. The monoisotopic (exact) mass is 393 g/mol. The number of benzene rings is 2. The number of hydrogen-bond acceptors (Lipinski definition) is 4. The van der Waals surface area contributed by atoms with E-state index >= 15 is 0 Å². The largest absolute Gasteiger partial charge is 0.491 e. The van der Waals surface area contributed by atoms with Gasteiger partial charge in [0.2, 0.25) is 0 Å². The van der Waals surface area contributed by atoms with E-state index in [0.29, 0.717) is 5.69 Å². The van der Waals surface area contributed by atoms with E-state index in [2.05, 4.69) is 4.72 Å². The van der Waals surface area contributed by atoms with Gasteiger partial charge in [0, 0.05) is 12.1 Å². The minimum absolute atomic E-state index is 0.0304. The number of rotatable bonds is 8. The van der Waals surface area contributed by atoms with Crippen LogP contribution in [0.4, 0.5) is 10.1 Å². The lowest BCUT2D eigenvalue weighted by Crippen LogP contribution is -2.13. The number of carboxylic acid groups (broad SMARTS) is 1. The fraction of sp³-hybridized carbons (Fsp3) is 0.316. The molecule has 8 heteroatoms. The molecule has 0 spiro atoms. The van der Waals surface area contributed by atoms with Crippen LogP contribution in [0.2, 0.25) is 0 Å². The summed E-state index contributed by atoms with van der Waals surface area (Å²) in [6.07, 6.45) is 3.13. The number of aliphatic carboxylic acids is 1. The number of halogens is 1. The fourth-order valence-corrected chi connectivity index (χ4v) is 4.08. The first-order valence-electron chi connectivity index (χ1n) is 8.64. The van der Waals surface area contributed by atoms with Crippen LogP contribution < -0.4 is 9.46 Å². The van der Waals surface area contributed by atoms with Crippen LogP contribution in [-0.4, -0.2) is 26.1 Å². The summed E-state index contributed by atoms with van der Waals surface area (Å²) < 4.78 is 46.8. The molecule has 0 fully saturated rings. The molecule has 0 amide bonds. The minimum atomic E-state index is -3.93. The van der Waals surface area contributed by atoms with Gasteiger partial charge >= 0.3 is 5.97 Å². The van der Waals surface area contributed by atoms with Gasteiger partial charge in [-0.3, -0.25) is 9.52 Å². The van der Waals surface area contributed by atoms with Crippen molar-refractivity contribution in [3.63, 3.8) is 0 Å². The number of nitrogens with one attached hydrogen (secondary N) is 1. The molecule has 0 bridgehead atoms. The topological polar surface area (TPSA) is 92.7 Å². The predicted octanol–water partition coefficient (Wildman–Crippen LogP) is 3.36. The third kappa shape index (κ3) is 4.77. The van der Waals surface area contributed by atoms with Crippen LogP contribution in [0.5, 0.6) is 5.75 Å². The van der Waals surface area contributed by atoms with Crippen molar-refractivity contribution in [2.45, 2.75) is 37.0 Å². The number of carbonyl (C=O) groups is 1. The maximum atomic E-state index is 14.2. The van der Waals surface area contributed by atoms with Crippen molar-refractivity contribution in [2.24, 2.45) is 0 Å². The molecule has 0 saturated heterocycles. The van der Waals surface area contributed by atoms with E-state index in [1.807, 2.05) is 12.1 Å². The molecule has 0 saturated carbocycles. The summed E-state index contributed by atoms with van der Waals surface area (Å²) in [6.45, 7) is 0.0304. The maximum Gasteiger partial charge on any atom is 0.303 e. The lowest BCUT2D eigenvalue weighted by molar-refractivity contribution is -0.137. The molecule has 6 nitrogen and oxygen atoms in total. The summed E-state index contributed by atoms with van der Waals surface area (Å²) in [5, 5.41) is 8.56. The second kappa shape index (κ2) is 7.96. The first kappa shape index (κ1) is 19.2. The summed E-state index contributed by atoms with van der Waals surface area (Å²) in [7, 11) is -3.93. The van der Waals surface area contributed by atoms with E-state index in [4.69, 9.17) is 9.84 Å². The van der Waals surface area contributed by atoms with Crippen LogP contribution in [0.25, 0.3) is 0 Å². The highest BCUT2D eigenvalue weighted by atomic mass is 32.2. The first-order valence-corrected chi connectivity index (χ1v) is 10.1. The van der Waals surface area contributed by atoms with E-state index in [1.54, 1.807) is 6.07 Å². The smallest absolute Gasteiger partial charge is 0.303 e. The van der Waals surface area contributed by atoms with Gasteiger partial charge in [-0.05, 0) is 67.1 Å². The average molecular weight is 393 g/mol.